The zero-order valence-corrected chi connectivity index (χ0v) is 14.1. The van der Waals surface area contributed by atoms with Gasteiger partial charge in [-0.1, -0.05) is 24.9 Å². The molecule has 1 aliphatic rings. The lowest BCUT2D eigenvalue weighted by molar-refractivity contribution is -0.137. The summed E-state index contributed by atoms with van der Waals surface area (Å²) < 4.78 is 37.9. The number of piperazine rings is 1. The fourth-order valence-corrected chi connectivity index (χ4v) is 2.71. The van der Waals surface area contributed by atoms with E-state index in [0.29, 0.717) is 38.5 Å². The molecule has 24 heavy (non-hydrogen) atoms. The molecule has 0 unspecified atom stereocenters. The van der Waals surface area contributed by atoms with Crippen molar-refractivity contribution in [1.29, 1.82) is 0 Å². The molecule has 1 aliphatic heterocycles. The van der Waals surface area contributed by atoms with Crippen molar-refractivity contribution in [3.05, 3.63) is 22.8 Å². The fraction of sp³-hybridized carbons (Fsp3) is 0.600. The number of carbonyl (C=O) groups is 1. The SMILES string of the molecule is CCCCNC(=O)N1CCN(c2ncc(C(F)(F)F)cc2Cl)CC1. The maximum absolute atomic E-state index is 12.6. The largest absolute Gasteiger partial charge is 0.417 e. The van der Waals surface area contributed by atoms with Crippen LogP contribution in [0.15, 0.2) is 12.3 Å². The Balaban J connectivity index is 1.94. The second kappa shape index (κ2) is 7.92. The first-order valence-electron chi connectivity index (χ1n) is 7.83. The number of rotatable bonds is 4. The van der Waals surface area contributed by atoms with Crippen molar-refractivity contribution in [3.63, 3.8) is 0 Å². The van der Waals surface area contributed by atoms with Crippen LogP contribution in [-0.2, 0) is 6.18 Å². The van der Waals surface area contributed by atoms with Crippen molar-refractivity contribution >= 4 is 23.4 Å². The smallest absolute Gasteiger partial charge is 0.352 e. The number of amides is 2. The van der Waals surface area contributed by atoms with Gasteiger partial charge in [0.15, 0.2) is 0 Å². The van der Waals surface area contributed by atoms with Crippen LogP contribution in [0.1, 0.15) is 25.3 Å². The predicted octanol–water partition coefficient (Wildman–Crippen LogP) is 3.39. The zero-order valence-electron chi connectivity index (χ0n) is 13.4. The second-order valence-electron chi connectivity index (χ2n) is 5.59. The van der Waals surface area contributed by atoms with Gasteiger partial charge in [0.25, 0.3) is 0 Å². The Morgan fingerprint density at radius 2 is 2.00 bits per heavy atom. The molecule has 1 aromatic rings. The van der Waals surface area contributed by atoms with E-state index in [2.05, 4.69) is 10.3 Å². The van der Waals surface area contributed by atoms with Crippen LogP contribution in [0.25, 0.3) is 0 Å². The summed E-state index contributed by atoms with van der Waals surface area (Å²) in [6.07, 6.45) is -1.75. The van der Waals surface area contributed by atoms with E-state index in [-0.39, 0.29) is 11.1 Å². The van der Waals surface area contributed by atoms with Gasteiger partial charge in [0.1, 0.15) is 5.82 Å². The number of hydrogen-bond acceptors (Lipinski definition) is 3. The summed E-state index contributed by atoms with van der Waals surface area (Å²) in [5, 5.41) is 2.81. The van der Waals surface area contributed by atoms with Crippen LogP contribution in [0.2, 0.25) is 5.02 Å². The maximum Gasteiger partial charge on any atom is 0.417 e. The lowest BCUT2D eigenvalue weighted by Crippen LogP contribution is -2.52. The van der Waals surface area contributed by atoms with Gasteiger partial charge in [-0.25, -0.2) is 9.78 Å². The molecule has 9 heteroatoms. The second-order valence-corrected chi connectivity index (χ2v) is 5.99. The molecule has 2 heterocycles. The first kappa shape index (κ1) is 18.6. The topological polar surface area (TPSA) is 48.5 Å². The lowest BCUT2D eigenvalue weighted by atomic mass is 10.2. The molecule has 0 saturated carbocycles. The first-order chi connectivity index (χ1) is 11.3. The highest BCUT2D eigenvalue weighted by Gasteiger charge is 2.32. The summed E-state index contributed by atoms with van der Waals surface area (Å²) in [5.41, 5.74) is -0.870. The summed E-state index contributed by atoms with van der Waals surface area (Å²) in [7, 11) is 0. The molecule has 0 bridgehead atoms. The number of nitrogens with one attached hydrogen (secondary N) is 1. The Morgan fingerprint density at radius 3 is 2.54 bits per heavy atom. The fourth-order valence-electron chi connectivity index (χ4n) is 2.42. The van der Waals surface area contributed by atoms with Crippen LogP contribution >= 0.6 is 11.6 Å². The van der Waals surface area contributed by atoms with Crippen molar-refractivity contribution in [2.45, 2.75) is 25.9 Å². The van der Waals surface area contributed by atoms with E-state index in [0.717, 1.165) is 25.1 Å². The molecule has 1 N–H and O–H groups in total. The minimum absolute atomic E-state index is 0.0364. The number of urea groups is 1. The van der Waals surface area contributed by atoms with E-state index in [1.165, 1.54) is 0 Å². The molecular formula is C15H20ClF3N4O. The van der Waals surface area contributed by atoms with Crippen LogP contribution in [0, 0.1) is 0 Å². The molecular weight excluding hydrogens is 345 g/mol. The Bertz CT molecular complexity index is 574. The molecule has 2 rings (SSSR count). The van der Waals surface area contributed by atoms with Crippen LogP contribution in [0.3, 0.4) is 0 Å². The van der Waals surface area contributed by atoms with Gasteiger partial charge in [-0.05, 0) is 12.5 Å². The molecule has 2 amide bonds. The van der Waals surface area contributed by atoms with Crippen molar-refractivity contribution < 1.29 is 18.0 Å². The number of anilines is 1. The molecule has 0 radical (unpaired) electrons. The molecule has 0 aromatic carbocycles. The number of halogens is 4. The molecule has 0 spiro atoms. The van der Waals surface area contributed by atoms with Gasteiger partial charge in [0.2, 0.25) is 0 Å². The molecule has 1 aromatic heterocycles. The van der Waals surface area contributed by atoms with Crippen molar-refractivity contribution in [2.24, 2.45) is 0 Å². The Labute approximate surface area is 143 Å². The molecule has 1 fully saturated rings. The number of nitrogens with zero attached hydrogens (tertiary/aromatic N) is 3. The normalized spacial score (nSPS) is 15.5. The molecule has 0 aliphatic carbocycles. The molecule has 134 valence electrons. The number of unbranched alkanes of at least 4 members (excludes halogenated alkanes) is 1. The summed E-state index contributed by atoms with van der Waals surface area (Å²) in [4.78, 5) is 19.3. The minimum Gasteiger partial charge on any atom is -0.352 e. The quantitative estimate of drug-likeness (QED) is 0.833. The number of pyridine rings is 1. The average molecular weight is 365 g/mol. The number of alkyl halides is 3. The predicted molar refractivity (Wildman–Crippen MR) is 86.3 cm³/mol. The van der Waals surface area contributed by atoms with E-state index in [9.17, 15) is 18.0 Å². The Hall–Kier alpha value is -1.70. The van der Waals surface area contributed by atoms with E-state index < -0.39 is 11.7 Å². The average Bonchev–Trinajstić information content (AvgIpc) is 2.54. The Kier molecular flexibility index (Phi) is 6.15. The van der Waals surface area contributed by atoms with Crippen molar-refractivity contribution in [1.82, 2.24) is 15.2 Å². The maximum atomic E-state index is 12.6. The highest BCUT2D eigenvalue weighted by Crippen LogP contribution is 2.33. The number of aromatic nitrogens is 1. The molecule has 1 saturated heterocycles. The Morgan fingerprint density at radius 1 is 1.33 bits per heavy atom. The number of hydrogen-bond donors (Lipinski definition) is 1. The van der Waals surface area contributed by atoms with Gasteiger partial charge < -0.3 is 15.1 Å². The van der Waals surface area contributed by atoms with Gasteiger partial charge >= 0.3 is 12.2 Å². The van der Waals surface area contributed by atoms with E-state index in [1.807, 2.05) is 6.92 Å². The van der Waals surface area contributed by atoms with Crippen LogP contribution < -0.4 is 10.2 Å². The van der Waals surface area contributed by atoms with Gasteiger partial charge in [-0.2, -0.15) is 13.2 Å². The summed E-state index contributed by atoms with van der Waals surface area (Å²) in [6, 6.07) is 0.767. The molecule has 0 atom stereocenters. The number of carbonyl (C=O) groups excluding carboxylic acids is 1. The minimum atomic E-state index is -4.47. The van der Waals surface area contributed by atoms with Crippen molar-refractivity contribution in [3.8, 4) is 0 Å². The van der Waals surface area contributed by atoms with Crippen molar-refractivity contribution in [2.75, 3.05) is 37.6 Å². The highest BCUT2D eigenvalue weighted by molar-refractivity contribution is 6.33. The van der Waals surface area contributed by atoms with Gasteiger partial charge in [0, 0.05) is 38.9 Å². The van der Waals surface area contributed by atoms with Crippen LogP contribution in [-0.4, -0.2) is 48.6 Å². The van der Waals surface area contributed by atoms with Crippen LogP contribution in [0.4, 0.5) is 23.8 Å². The van der Waals surface area contributed by atoms with Gasteiger partial charge in [-0.3, -0.25) is 0 Å². The highest BCUT2D eigenvalue weighted by atomic mass is 35.5. The monoisotopic (exact) mass is 364 g/mol. The third-order valence-corrected chi connectivity index (χ3v) is 4.10. The third kappa shape index (κ3) is 4.66. The lowest BCUT2D eigenvalue weighted by Gasteiger charge is -2.35. The summed E-state index contributed by atoms with van der Waals surface area (Å²) >= 11 is 5.96. The van der Waals surface area contributed by atoms with E-state index >= 15 is 0 Å². The summed E-state index contributed by atoms with van der Waals surface area (Å²) in [5.74, 6) is 0.315. The third-order valence-electron chi connectivity index (χ3n) is 3.82. The van der Waals surface area contributed by atoms with Gasteiger partial charge in [-0.15, -0.1) is 0 Å². The first-order valence-corrected chi connectivity index (χ1v) is 8.21. The molecule has 5 nitrogen and oxygen atoms in total. The van der Waals surface area contributed by atoms with E-state index in [1.54, 1.807) is 9.80 Å². The zero-order chi connectivity index (χ0) is 17.7. The standard InChI is InChI=1S/C15H20ClF3N4O/c1-2-3-4-20-14(24)23-7-5-22(6-8-23)13-12(16)9-11(10-21-13)15(17,18)19/h9-10H,2-8H2,1H3,(H,20,24). The summed E-state index contributed by atoms with van der Waals surface area (Å²) in [6.45, 7) is 4.57. The van der Waals surface area contributed by atoms with Crippen LogP contribution in [0.5, 0.6) is 0 Å². The van der Waals surface area contributed by atoms with E-state index in [4.69, 9.17) is 11.6 Å². The van der Waals surface area contributed by atoms with Gasteiger partial charge in [0.05, 0.1) is 10.6 Å².